The Kier molecular flexibility index (Phi) is 5.17. The molecule has 0 aliphatic carbocycles. The minimum absolute atomic E-state index is 0.169. The van der Waals surface area contributed by atoms with Crippen LogP contribution >= 0.6 is 0 Å². The maximum Gasteiger partial charge on any atom is 0.193 e. The van der Waals surface area contributed by atoms with E-state index in [0.717, 1.165) is 0 Å². The summed E-state index contributed by atoms with van der Waals surface area (Å²) < 4.78 is 52.4. The van der Waals surface area contributed by atoms with Gasteiger partial charge < -0.3 is 33.9 Å². The molecule has 0 saturated carbocycles. The van der Waals surface area contributed by atoms with Gasteiger partial charge in [0.1, 0.15) is 29.9 Å². The van der Waals surface area contributed by atoms with Crippen molar-refractivity contribution in [2.24, 2.45) is 0 Å². The summed E-state index contributed by atoms with van der Waals surface area (Å²) in [6.45, 7) is 2.75. The Labute approximate surface area is 188 Å². The first-order valence-electron chi connectivity index (χ1n) is 11.0. The van der Waals surface area contributed by atoms with E-state index in [4.69, 9.17) is 18.9 Å². The lowest BCUT2D eigenvalue weighted by molar-refractivity contribution is 0.00794. The summed E-state index contributed by atoms with van der Waals surface area (Å²) in [6.07, 6.45) is -1.77. The molecule has 0 unspecified atom stereocenters. The smallest absolute Gasteiger partial charge is 0.193 e. The van der Waals surface area contributed by atoms with E-state index in [1.165, 1.54) is 12.1 Å². The molecule has 2 aromatic heterocycles. The number of hydrogen-bond donors (Lipinski definition) is 2. The van der Waals surface area contributed by atoms with Crippen molar-refractivity contribution in [3.05, 3.63) is 42.0 Å². The number of rotatable bonds is 4. The zero-order valence-electron chi connectivity index (χ0n) is 17.7. The first-order valence-corrected chi connectivity index (χ1v) is 11.0. The third-order valence-corrected chi connectivity index (χ3v) is 6.37. The molecular formula is C23H23F2N3O5. The maximum absolute atomic E-state index is 15.0. The second kappa shape index (κ2) is 8.21. The average Bonchev–Trinajstić information content (AvgIpc) is 3.50. The van der Waals surface area contributed by atoms with Crippen LogP contribution in [0, 0.1) is 11.6 Å². The molecule has 3 fully saturated rings. The van der Waals surface area contributed by atoms with Crippen LogP contribution < -0.4 is 9.64 Å². The molecule has 3 aliphatic heterocycles. The molecule has 8 nitrogen and oxygen atoms in total. The maximum atomic E-state index is 15.0. The third-order valence-electron chi connectivity index (χ3n) is 6.37. The number of anilines is 1. The Morgan fingerprint density at radius 2 is 1.79 bits per heavy atom. The second-order valence-corrected chi connectivity index (χ2v) is 8.47. The van der Waals surface area contributed by atoms with E-state index in [2.05, 4.69) is 9.97 Å². The topological polar surface area (TPSA) is 89.1 Å². The molecule has 5 heterocycles. The molecule has 10 heteroatoms. The first kappa shape index (κ1) is 20.8. The van der Waals surface area contributed by atoms with Crippen molar-refractivity contribution in [1.29, 1.82) is 0 Å². The number of halogens is 2. The number of H-pyrrole nitrogens is 1. The molecule has 2 N–H and O–H groups in total. The fourth-order valence-corrected chi connectivity index (χ4v) is 4.70. The highest BCUT2D eigenvalue weighted by atomic mass is 19.1. The first-order chi connectivity index (χ1) is 16.1. The molecule has 0 amide bonds. The van der Waals surface area contributed by atoms with Crippen LogP contribution in [0.15, 0.2) is 30.3 Å². The Hall–Kier alpha value is -2.79. The number of aliphatic hydroxyl groups excluding tert-OH is 1. The summed E-state index contributed by atoms with van der Waals surface area (Å²) >= 11 is 0. The van der Waals surface area contributed by atoms with Gasteiger partial charge in [0.05, 0.1) is 48.7 Å². The molecule has 0 radical (unpaired) electrons. The Bertz CT molecular complexity index is 1160. The standard InChI is InChI=1S/C23H23F2N3O5/c24-13-7-12(28-3-5-30-6-4-28)8-14(25)21(13)16-2-1-15-17(26-16)9-20(27-15)33-19-11-32-22-18(29)10-31-23(19)22/h1-2,7-9,18-19,22-23,27,29H,3-6,10-11H2/t18-,19-,22-,23-/m1/s1. The van der Waals surface area contributed by atoms with Crippen LogP contribution in [0.25, 0.3) is 22.3 Å². The number of aromatic amines is 1. The van der Waals surface area contributed by atoms with Crippen LogP contribution in [0.1, 0.15) is 0 Å². The van der Waals surface area contributed by atoms with Crippen molar-refractivity contribution in [3.63, 3.8) is 0 Å². The van der Waals surface area contributed by atoms with Crippen LogP contribution in [-0.2, 0) is 14.2 Å². The van der Waals surface area contributed by atoms with E-state index in [-0.39, 0.29) is 30.1 Å². The van der Waals surface area contributed by atoms with Crippen LogP contribution in [0.4, 0.5) is 14.5 Å². The van der Waals surface area contributed by atoms with Gasteiger partial charge in [-0.3, -0.25) is 0 Å². The monoisotopic (exact) mass is 459 g/mol. The minimum Gasteiger partial charge on any atom is -0.470 e. The van der Waals surface area contributed by atoms with Crippen LogP contribution in [0.2, 0.25) is 0 Å². The lowest BCUT2D eigenvalue weighted by atomic mass is 10.1. The zero-order chi connectivity index (χ0) is 22.5. The quantitative estimate of drug-likeness (QED) is 0.619. The molecule has 0 bridgehead atoms. The number of aliphatic hydroxyl groups is 1. The van der Waals surface area contributed by atoms with Crippen molar-refractivity contribution >= 4 is 16.7 Å². The molecule has 1 aromatic carbocycles. The number of ether oxygens (including phenoxy) is 4. The van der Waals surface area contributed by atoms with E-state index in [1.54, 1.807) is 18.2 Å². The third kappa shape index (κ3) is 3.72. The van der Waals surface area contributed by atoms with Crippen molar-refractivity contribution in [3.8, 4) is 17.1 Å². The van der Waals surface area contributed by atoms with Crippen molar-refractivity contribution < 1.29 is 32.8 Å². The molecular weight excluding hydrogens is 436 g/mol. The molecule has 4 atom stereocenters. The van der Waals surface area contributed by atoms with E-state index < -0.39 is 23.8 Å². The van der Waals surface area contributed by atoms with Crippen LogP contribution in [0.5, 0.6) is 5.88 Å². The largest absolute Gasteiger partial charge is 0.470 e. The van der Waals surface area contributed by atoms with Gasteiger partial charge in [0.25, 0.3) is 0 Å². The fourth-order valence-electron chi connectivity index (χ4n) is 4.70. The summed E-state index contributed by atoms with van der Waals surface area (Å²) in [6, 6.07) is 7.64. The van der Waals surface area contributed by atoms with Crippen LogP contribution in [0.3, 0.4) is 0 Å². The number of benzene rings is 1. The second-order valence-electron chi connectivity index (χ2n) is 8.47. The molecule has 3 saturated heterocycles. The Morgan fingerprint density at radius 1 is 1.03 bits per heavy atom. The lowest BCUT2D eigenvalue weighted by Gasteiger charge is -2.29. The number of aromatic nitrogens is 2. The number of nitrogens with zero attached hydrogens (tertiary/aromatic N) is 2. The average molecular weight is 459 g/mol. The van der Waals surface area contributed by atoms with Gasteiger partial charge in [-0.2, -0.15) is 0 Å². The van der Waals surface area contributed by atoms with Gasteiger partial charge in [0.2, 0.25) is 0 Å². The van der Waals surface area contributed by atoms with Crippen molar-refractivity contribution in [2.45, 2.75) is 24.4 Å². The molecule has 33 heavy (non-hydrogen) atoms. The predicted molar refractivity (Wildman–Crippen MR) is 114 cm³/mol. The highest BCUT2D eigenvalue weighted by molar-refractivity contribution is 5.81. The lowest BCUT2D eigenvalue weighted by Crippen LogP contribution is -2.36. The number of nitrogens with one attached hydrogen (secondary N) is 1. The molecule has 0 spiro atoms. The molecule has 3 aromatic rings. The fraction of sp³-hybridized carbons (Fsp3) is 0.435. The van der Waals surface area contributed by atoms with E-state index in [1.807, 2.05) is 4.90 Å². The Balaban J connectivity index is 1.25. The van der Waals surface area contributed by atoms with Gasteiger partial charge in [-0.05, 0) is 24.3 Å². The summed E-state index contributed by atoms with van der Waals surface area (Å²) in [5.74, 6) is -0.889. The highest BCUT2D eigenvalue weighted by Crippen LogP contribution is 2.33. The Morgan fingerprint density at radius 3 is 2.58 bits per heavy atom. The molecule has 174 valence electrons. The van der Waals surface area contributed by atoms with Gasteiger partial charge in [-0.25, -0.2) is 13.8 Å². The van der Waals surface area contributed by atoms with Crippen LogP contribution in [-0.4, -0.2) is 79.0 Å². The number of hydrogen-bond acceptors (Lipinski definition) is 7. The minimum atomic E-state index is -0.665. The summed E-state index contributed by atoms with van der Waals surface area (Å²) in [7, 11) is 0. The summed E-state index contributed by atoms with van der Waals surface area (Å²) in [4.78, 5) is 9.46. The van der Waals surface area contributed by atoms with Gasteiger partial charge in [0.15, 0.2) is 12.0 Å². The van der Waals surface area contributed by atoms with Crippen molar-refractivity contribution in [2.75, 3.05) is 44.4 Å². The zero-order valence-corrected chi connectivity index (χ0v) is 17.7. The predicted octanol–water partition coefficient (Wildman–Crippen LogP) is 2.25. The summed E-state index contributed by atoms with van der Waals surface area (Å²) in [5.41, 5.74) is 1.71. The van der Waals surface area contributed by atoms with E-state index in [9.17, 15) is 13.9 Å². The molecule has 3 aliphatic rings. The van der Waals surface area contributed by atoms with Gasteiger partial charge >= 0.3 is 0 Å². The SMILES string of the molecule is O[C@@H]1CO[C@H]2[C@@H]1OC[C@H]2Oc1cc2nc(-c3c(F)cc(N4CCOCC4)cc3F)ccc2[nH]1. The van der Waals surface area contributed by atoms with E-state index >= 15 is 0 Å². The summed E-state index contributed by atoms with van der Waals surface area (Å²) in [5, 5.41) is 9.88. The normalized spacial score (nSPS) is 27.3. The van der Waals surface area contributed by atoms with Crippen molar-refractivity contribution in [1.82, 2.24) is 9.97 Å². The van der Waals surface area contributed by atoms with E-state index in [0.29, 0.717) is 55.5 Å². The number of morpholine rings is 1. The number of fused-ring (bicyclic) bond motifs is 2. The highest BCUT2D eigenvalue weighted by Gasteiger charge is 2.48. The van der Waals surface area contributed by atoms with Gasteiger partial charge in [-0.15, -0.1) is 0 Å². The van der Waals surface area contributed by atoms with Gasteiger partial charge in [-0.1, -0.05) is 0 Å². The van der Waals surface area contributed by atoms with Gasteiger partial charge in [0, 0.05) is 24.8 Å². The number of pyridine rings is 1. The molecule has 6 rings (SSSR count).